The van der Waals surface area contributed by atoms with Crippen LogP contribution in [0.5, 0.6) is 0 Å². The van der Waals surface area contributed by atoms with Crippen molar-refractivity contribution in [2.24, 2.45) is 7.05 Å². The minimum absolute atomic E-state index is 0.0547. The van der Waals surface area contributed by atoms with E-state index in [0.717, 1.165) is 24.2 Å². The summed E-state index contributed by atoms with van der Waals surface area (Å²) < 4.78 is 1.75. The molecule has 0 amide bonds. The molecule has 84 valence electrons. The molecule has 0 unspecified atom stereocenters. The van der Waals surface area contributed by atoms with Gasteiger partial charge in [0.2, 0.25) is 0 Å². The highest BCUT2D eigenvalue weighted by Crippen LogP contribution is 2.11. The highest BCUT2D eigenvalue weighted by molar-refractivity contribution is 5.17. The molecule has 3 heteroatoms. The van der Waals surface area contributed by atoms with Gasteiger partial charge in [0.1, 0.15) is 5.69 Å². The van der Waals surface area contributed by atoms with Crippen LogP contribution in [0, 0.1) is 0 Å². The van der Waals surface area contributed by atoms with Gasteiger partial charge in [0, 0.05) is 18.7 Å². The van der Waals surface area contributed by atoms with E-state index in [1.165, 1.54) is 0 Å². The summed E-state index contributed by atoms with van der Waals surface area (Å²) in [7, 11) is 1.84. The monoisotopic (exact) mass is 208 g/mol. The molecule has 0 aliphatic rings. The molecule has 0 saturated carbocycles. The maximum absolute atomic E-state index is 12.0. The van der Waals surface area contributed by atoms with Gasteiger partial charge in [0.05, 0.1) is 5.69 Å². The van der Waals surface area contributed by atoms with E-state index in [1.54, 1.807) is 4.57 Å². The van der Waals surface area contributed by atoms with E-state index >= 15 is 0 Å². The van der Waals surface area contributed by atoms with Crippen molar-refractivity contribution in [2.45, 2.75) is 46.5 Å². The van der Waals surface area contributed by atoms with Gasteiger partial charge in [-0.2, -0.15) is 0 Å². The van der Waals surface area contributed by atoms with Gasteiger partial charge in [0.15, 0.2) is 0 Å². The lowest BCUT2D eigenvalue weighted by Crippen LogP contribution is -2.28. The van der Waals surface area contributed by atoms with Crippen LogP contribution in [-0.2, 0) is 19.9 Å². The fraction of sp³-hybridized carbons (Fsp3) is 0.667. The van der Waals surface area contributed by atoms with Gasteiger partial charge in [-0.3, -0.25) is 9.78 Å². The highest BCUT2D eigenvalue weighted by atomic mass is 16.1. The first-order valence-corrected chi connectivity index (χ1v) is 5.61. The van der Waals surface area contributed by atoms with Crippen LogP contribution >= 0.6 is 0 Å². The van der Waals surface area contributed by atoms with Crippen molar-refractivity contribution in [2.75, 3.05) is 0 Å². The van der Waals surface area contributed by atoms with Gasteiger partial charge in [-0.25, -0.2) is 0 Å². The number of aryl methyl sites for hydroxylation is 1. The molecular formula is C12H20N2O. The number of rotatable bonds is 3. The molecule has 1 heterocycles. The predicted molar refractivity (Wildman–Crippen MR) is 62.3 cm³/mol. The fourth-order valence-electron chi connectivity index (χ4n) is 1.85. The Morgan fingerprint density at radius 1 is 1.27 bits per heavy atom. The molecule has 0 N–H and O–H groups in total. The van der Waals surface area contributed by atoms with Crippen molar-refractivity contribution in [3.8, 4) is 0 Å². The summed E-state index contributed by atoms with van der Waals surface area (Å²) in [4.78, 5) is 16.4. The van der Waals surface area contributed by atoms with Crippen molar-refractivity contribution in [3.05, 3.63) is 27.4 Å². The smallest absolute Gasteiger partial charge is 0.272 e. The van der Waals surface area contributed by atoms with Gasteiger partial charge in [0.25, 0.3) is 5.56 Å². The fourth-order valence-corrected chi connectivity index (χ4v) is 1.85. The van der Waals surface area contributed by atoms with E-state index < -0.39 is 0 Å². The van der Waals surface area contributed by atoms with Gasteiger partial charge in [-0.15, -0.1) is 0 Å². The summed E-state index contributed by atoms with van der Waals surface area (Å²) in [5.41, 5.74) is 2.86. The summed E-state index contributed by atoms with van der Waals surface area (Å²) in [6.45, 7) is 8.16. The summed E-state index contributed by atoms with van der Waals surface area (Å²) in [5, 5.41) is 0. The average molecular weight is 208 g/mol. The van der Waals surface area contributed by atoms with Crippen molar-refractivity contribution in [1.82, 2.24) is 9.55 Å². The topological polar surface area (TPSA) is 34.9 Å². The Hall–Kier alpha value is -1.12. The van der Waals surface area contributed by atoms with E-state index in [4.69, 9.17) is 0 Å². The van der Waals surface area contributed by atoms with Gasteiger partial charge < -0.3 is 4.57 Å². The van der Waals surface area contributed by atoms with Crippen LogP contribution in [0.4, 0.5) is 0 Å². The second kappa shape index (κ2) is 4.60. The number of hydrogen-bond acceptors (Lipinski definition) is 2. The molecule has 0 aliphatic carbocycles. The van der Waals surface area contributed by atoms with Crippen molar-refractivity contribution < 1.29 is 0 Å². The summed E-state index contributed by atoms with van der Waals surface area (Å²) in [6.07, 6.45) is 1.75. The molecule has 1 aromatic heterocycles. The normalized spacial score (nSPS) is 11.1. The van der Waals surface area contributed by atoms with Gasteiger partial charge in [-0.05, 0) is 12.8 Å². The molecule has 0 aromatic carbocycles. The number of nitrogens with zero attached hydrogens (tertiary/aromatic N) is 2. The lowest BCUT2D eigenvalue weighted by atomic mass is 10.1. The van der Waals surface area contributed by atoms with Crippen molar-refractivity contribution >= 4 is 0 Å². The Kier molecular flexibility index (Phi) is 3.66. The van der Waals surface area contributed by atoms with Crippen molar-refractivity contribution in [3.63, 3.8) is 0 Å². The highest BCUT2D eigenvalue weighted by Gasteiger charge is 2.13. The van der Waals surface area contributed by atoms with E-state index in [0.29, 0.717) is 5.69 Å². The zero-order chi connectivity index (χ0) is 11.6. The lowest BCUT2D eigenvalue weighted by molar-refractivity contribution is 0.681. The third-order valence-electron chi connectivity index (χ3n) is 2.73. The Labute approximate surface area is 91.2 Å². The zero-order valence-corrected chi connectivity index (χ0v) is 10.3. The first kappa shape index (κ1) is 12.0. The molecule has 0 fully saturated rings. The molecule has 0 radical (unpaired) electrons. The van der Waals surface area contributed by atoms with Crippen LogP contribution in [0.2, 0.25) is 0 Å². The summed E-state index contributed by atoms with van der Waals surface area (Å²) in [6, 6.07) is 0. The molecular weight excluding hydrogens is 188 g/mol. The Morgan fingerprint density at radius 2 is 1.87 bits per heavy atom. The molecule has 15 heavy (non-hydrogen) atoms. The SMILES string of the molecule is CCc1nc(C(C)C)c(=O)n(C)c1CC. The van der Waals surface area contributed by atoms with Crippen molar-refractivity contribution in [1.29, 1.82) is 0 Å². The number of hydrogen-bond donors (Lipinski definition) is 0. The van der Waals surface area contributed by atoms with Crippen LogP contribution in [0.1, 0.15) is 50.7 Å². The van der Waals surface area contributed by atoms with Gasteiger partial charge in [-0.1, -0.05) is 27.7 Å². The third-order valence-corrected chi connectivity index (χ3v) is 2.73. The molecule has 0 aliphatic heterocycles. The van der Waals surface area contributed by atoms with Crippen LogP contribution in [0.25, 0.3) is 0 Å². The maximum atomic E-state index is 12.0. The van der Waals surface area contributed by atoms with Gasteiger partial charge >= 0.3 is 0 Å². The molecule has 0 spiro atoms. The van der Waals surface area contributed by atoms with E-state index in [2.05, 4.69) is 18.8 Å². The average Bonchev–Trinajstić information content (AvgIpc) is 2.21. The van der Waals surface area contributed by atoms with E-state index in [9.17, 15) is 4.79 Å². The molecule has 0 atom stereocenters. The molecule has 0 saturated heterocycles. The second-order valence-electron chi connectivity index (χ2n) is 4.12. The Bertz CT molecular complexity index is 405. The lowest BCUT2D eigenvalue weighted by Gasteiger charge is -2.14. The van der Waals surface area contributed by atoms with E-state index in [-0.39, 0.29) is 11.5 Å². The van der Waals surface area contributed by atoms with Crippen LogP contribution < -0.4 is 5.56 Å². The van der Waals surface area contributed by atoms with E-state index in [1.807, 2.05) is 20.9 Å². The second-order valence-corrected chi connectivity index (χ2v) is 4.12. The largest absolute Gasteiger partial charge is 0.312 e. The Balaban J connectivity index is 3.50. The number of aromatic nitrogens is 2. The third kappa shape index (κ3) is 2.11. The minimum atomic E-state index is 0.0547. The summed E-state index contributed by atoms with van der Waals surface area (Å²) in [5.74, 6) is 0.194. The Morgan fingerprint density at radius 3 is 2.27 bits per heavy atom. The molecule has 3 nitrogen and oxygen atoms in total. The first-order chi connectivity index (χ1) is 7.02. The standard InChI is InChI=1S/C12H20N2O/c1-6-9-10(7-2)14(5)12(15)11(13-9)8(3)4/h8H,6-7H2,1-5H3. The molecule has 0 bridgehead atoms. The minimum Gasteiger partial charge on any atom is -0.312 e. The molecule has 1 rings (SSSR count). The maximum Gasteiger partial charge on any atom is 0.272 e. The first-order valence-electron chi connectivity index (χ1n) is 5.61. The van der Waals surface area contributed by atoms with Crippen LogP contribution in [-0.4, -0.2) is 9.55 Å². The quantitative estimate of drug-likeness (QED) is 0.761. The zero-order valence-electron chi connectivity index (χ0n) is 10.3. The summed E-state index contributed by atoms with van der Waals surface area (Å²) >= 11 is 0. The van der Waals surface area contributed by atoms with Crippen LogP contribution in [0.15, 0.2) is 4.79 Å². The predicted octanol–water partition coefficient (Wildman–Crippen LogP) is 2.03. The molecule has 1 aromatic rings. The van der Waals surface area contributed by atoms with Crippen LogP contribution in [0.3, 0.4) is 0 Å².